The van der Waals surface area contributed by atoms with Crippen LogP contribution in [0.15, 0.2) is 48.7 Å². The molecule has 0 unspecified atom stereocenters. The van der Waals surface area contributed by atoms with E-state index in [0.29, 0.717) is 0 Å². The van der Waals surface area contributed by atoms with E-state index in [2.05, 4.69) is 31.8 Å². The van der Waals surface area contributed by atoms with Gasteiger partial charge in [0.1, 0.15) is 5.52 Å². The number of para-hydroxylation sites is 1. The molecule has 5 rings (SSSR count). The summed E-state index contributed by atoms with van der Waals surface area (Å²) in [6.45, 7) is 2.03. The van der Waals surface area contributed by atoms with Gasteiger partial charge in [0.25, 0.3) is 0 Å². The smallest absolute Gasteiger partial charge is 0.159 e. The van der Waals surface area contributed by atoms with Crippen LogP contribution in [0.5, 0.6) is 0 Å². The topological polar surface area (TPSA) is 82.3 Å². The number of fused-ring (bicyclic) bond motifs is 4. The lowest BCUT2D eigenvalue weighted by molar-refractivity contribution is 1.07. The quantitative estimate of drug-likeness (QED) is 0.459. The van der Waals surface area contributed by atoms with Crippen LogP contribution in [-0.4, -0.2) is 25.4 Å². The molecule has 6 nitrogen and oxygen atoms in total. The van der Waals surface area contributed by atoms with Gasteiger partial charge in [0.2, 0.25) is 0 Å². The minimum atomic E-state index is 0.743. The van der Waals surface area contributed by atoms with Gasteiger partial charge < -0.3 is 5.32 Å². The van der Waals surface area contributed by atoms with Crippen molar-refractivity contribution in [3.8, 4) is 0 Å². The average Bonchev–Trinajstić information content (AvgIpc) is 3.22. The summed E-state index contributed by atoms with van der Waals surface area (Å²) in [4.78, 5) is 4.76. The van der Waals surface area contributed by atoms with Crippen LogP contribution in [0, 0.1) is 6.92 Å². The van der Waals surface area contributed by atoms with Crippen molar-refractivity contribution in [3.05, 3.63) is 54.4 Å². The second-order valence-corrected chi connectivity index (χ2v) is 5.85. The highest BCUT2D eigenvalue weighted by Gasteiger charge is 2.13. The zero-order valence-corrected chi connectivity index (χ0v) is 13.0. The number of nitrogens with zero attached hydrogens (tertiary/aromatic N) is 3. The molecular weight excluding hydrogens is 300 g/mol. The predicted octanol–water partition coefficient (Wildman–Crippen LogP) is 4.04. The maximum absolute atomic E-state index is 4.76. The van der Waals surface area contributed by atoms with E-state index < -0.39 is 0 Å². The largest absolute Gasteiger partial charge is 0.338 e. The van der Waals surface area contributed by atoms with Crippen LogP contribution in [0.1, 0.15) is 5.69 Å². The molecule has 3 N–H and O–H groups in total. The van der Waals surface area contributed by atoms with E-state index in [9.17, 15) is 0 Å². The Bertz CT molecular complexity index is 1200. The molecule has 116 valence electrons. The molecule has 24 heavy (non-hydrogen) atoms. The molecule has 0 radical (unpaired) electrons. The van der Waals surface area contributed by atoms with Gasteiger partial charge in [0.05, 0.1) is 17.2 Å². The summed E-state index contributed by atoms with van der Waals surface area (Å²) < 4.78 is 0. The van der Waals surface area contributed by atoms with E-state index in [1.54, 1.807) is 0 Å². The fourth-order valence-electron chi connectivity index (χ4n) is 3.12. The molecule has 0 aliphatic heterocycles. The number of pyridine rings is 1. The summed E-state index contributed by atoms with van der Waals surface area (Å²) in [5.74, 6) is 0.743. The lowest BCUT2D eigenvalue weighted by atomic mass is 10.1. The average molecular weight is 314 g/mol. The Hall–Kier alpha value is -3.41. The van der Waals surface area contributed by atoms with Crippen LogP contribution in [0.25, 0.3) is 32.7 Å². The van der Waals surface area contributed by atoms with Crippen LogP contribution < -0.4 is 5.32 Å². The highest BCUT2D eigenvalue weighted by molar-refractivity contribution is 6.10. The van der Waals surface area contributed by atoms with Crippen molar-refractivity contribution >= 4 is 44.2 Å². The van der Waals surface area contributed by atoms with Gasteiger partial charge in [0.15, 0.2) is 5.82 Å². The number of nitrogens with one attached hydrogen (secondary N) is 3. The van der Waals surface area contributed by atoms with Crippen molar-refractivity contribution in [2.45, 2.75) is 6.92 Å². The molecule has 0 amide bonds. The maximum Gasteiger partial charge on any atom is 0.159 e. The number of anilines is 2. The van der Waals surface area contributed by atoms with E-state index in [1.165, 1.54) is 0 Å². The van der Waals surface area contributed by atoms with Gasteiger partial charge in [-0.1, -0.05) is 18.2 Å². The number of hydrogen-bond donors (Lipinski definition) is 3. The molecular formula is C18H14N6. The Balaban J connectivity index is 1.72. The summed E-state index contributed by atoms with van der Waals surface area (Å²) in [5, 5.41) is 21.2. The third-order valence-corrected chi connectivity index (χ3v) is 4.28. The molecule has 0 aliphatic carbocycles. The van der Waals surface area contributed by atoms with Crippen molar-refractivity contribution in [3.63, 3.8) is 0 Å². The van der Waals surface area contributed by atoms with Gasteiger partial charge in [-0.2, -0.15) is 10.2 Å². The number of aromatic amines is 2. The van der Waals surface area contributed by atoms with Crippen molar-refractivity contribution in [2.75, 3.05) is 5.32 Å². The van der Waals surface area contributed by atoms with Crippen molar-refractivity contribution in [1.29, 1.82) is 0 Å². The van der Waals surface area contributed by atoms with Crippen molar-refractivity contribution < 1.29 is 0 Å². The highest BCUT2D eigenvalue weighted by atomic mass is 15.1. The summed E-state index contributed by atoms with van der Waals surface area (Å²) in [5.41, 5.74) is 4.75. The Morgan fingerprint density at radius 2 is 1.96 bits per heavy atom. The molecule has 0 spiro atoms. The fraction of sp³-hybridized carbons (Fsp3) is 0.0556. The van der Waals surface area contributed by atoms with Crippen LogP contribution in [0.4, 0.5) is 11.5 Å². The standard InChI is InChI=1S/C18H14N6/c1-10-16-13-4-2-3-5-14(13)21-18(17(16)24-22-10)20-12-7-6-11-9-19-23-15(11)8-12/h2-9H,1H3,(H,19,23)(H,20,21)(H,22,24). The lowest BCUT2D eigenvalue weighted by Crippen LogP contribution is -1.96. The maximum atomic E-state index is 4.76. The van der Waals surface area contributed by atoms with Gasteiger partial charge in [-0.15, -0.1) is 0 Å². The molecule has 0 aliphatic rings. The summed E-state index contributed by atoms with van der Waals surface area (Å²) >= 11 is 0. The van der Waals surface area contributed by atoms with Gasteiger partial charge in [0, 0.05) is 27.5 Å². The summed E-state index contributed by atoms with van der Waals surface area (Å²) in [7, 11) is 0. The predicted molar refractivity (Wildman–Crippen MR) is 95.5 cm³/mol. The molecule has 0 fully saturated rings. The van der Waals surface area contributed by atoms with Crippen molar-refractivity contribution in [2.24, 2.45) is 0 Å². The number of H-pyrrole nitrogens is 2. The molecule has 0 saturated carbocycles. The molecule has 2 aromatic carbocycles. The Kier molecular flexibility index (Phi) is 2.61. The number of hydrogen-bond acceptors (Lipinski definition) is 4. The van der Waals surface area contributed by atoms with Crippen LogP contribution in [-0.2, 0) is 0 Å². The van der Waals surface area contributed by atoms with Crippen LogP contribution >= 0.6 is 0 Å². The SMILES string of the molecule is Cc1[nH]nc2c(Nc3ccc4cn[nH]c4c3)nc3ccccc3c12. The van der Waals surface area contributed by atoms with Gasteiger partial charge in [-0.3, -0.25) is 10.2 Å². The minimum Gasteiger partial charge on any atom is -0.338 e. The number of benzene rings is 2. The van der Waals surface area contributed by atoms with Crippen molar-refractivity contribution in [1.82, 2.24) is 25.4 Å². The van der Waals surface area contributed by atoms with Gasteiger partial charge in [-0.05, 0) is 31.2 Å². The van der Waals surface area contributed by atoms with Crippen LogP contribution in [0.3, 0.4) is 0 Å². The third kappa shape index (κ3) is 1.86. The first-order valence-corrected chi connectivity index (χ1v) is 7.73. The minimum absolute atomic E-state index is 0.743. The first-order chi connectivity index (χ1) is 11.8. The highest BCUT2D eigenvalue weighted by Crippen LogP contribution is 2.31. The normalized spacial score (nSPS) is 11.5. The summed E-state index contributed by atoms with van der Waals surface area (Å²) in [6, 6.07) is 14.2. The number of aryl methyl sites for hydroxylation is 1. The molecule has 0 atom stereocenters. The van der Waals surface area contributed by atoms with E-state index in [-0.39, 0.29) is 0 Å². The Morgan fingerprint density at radius 1 is 1.04 bits per heavy atom. The van der Waals surface area contributed by atoms with Gasteiger partial charge >= 0.3 is 0 Å². The van der Waals surface area contributed by atoms with E-state index in [4.69, 9.17) is 4.98 Å². The molecule has 6 heteroatoms. The molecule has 3 heterocycles. The molecule has 3 aromatic heterocycles. The zero-order chi connectivity index (χ0) is 16.1. The Morgan fingerprint density at radius 3 is 2.92 bits per heavy atom. The van der Waals surface area contributed by atoms with E-state index in [0.717, 1.165) is 49.9 Å². The molecule has 5 aromatic rings. The first kappa shape index (κ1) is 13.1. The summed E-state index contributed by atoms with van der Waals surface area (Å²) in [6.07, 6.45) is 1.81. The second kappa shape index (κ2) is 4.79. The van der Waals surface area contributed by atoms with E-state index >= 15 is 0 Å². The van der Waals surface area contributed by atoms with E-state index in [1.807, 2.05) is 49.5 Å². The zero-order valence-electron chi connectivity index (χ0n) is 13.0. The number of rotatable bonds is 2. The van der Waals surface area contributed by atoms with Gasteiger partial charge in [-0.25, -0.2) is 4.98 Å². The monoisotopic (exact) mass is 314 g/mol. The van der Waals surface area contributed by atoms with Crippen LogP contribution in [0.2, 0.25) is 0 Å². The second-order valence-electron chi connectivity index (χ2n) is 5.85. The lowest BCUT2D eigenvalue weighted by Gasteiger charge is -2.09. The third-order valence-electron chi connectivity index (χ3n) is 4.28. The number of aromatic nitrogens is 5. The molecule has 0 saturated heterocycles. The first-order valence-electron chi connectivity index (χ1n) is 7.73. The Labute approximate surface area is 136 Å². The fourth-order valence-corrected chi connectivity index (χ4v) is 3.12. The molecule has 0 bridgehead atoms.